The predicted octanol–water partition coefficient (Wildman–Crippen LogP) is 0.917. The Bertz CT molecular complexity index is 157. The number of hydrogen-bond donors (Lipinski definition) is 2. The van der Waals surface area contributed by atoms with Gasteiger partial charge in [0.1, 0.15) is 0 Å². The fourth-order valence-electron chi connectivity index (χ4n) is 1.76. The Hall–Kier alpha value is -0.120. The average molecular weight is 213 g/mol. The summed E-state index contributed by atoms with van der Waals surface area (Å²) < 4.78 is 0. The lowest BCUT2D eigenvalue weighted by atomic mass is 9.92. The predicted molar refractivity (Wildman–Crippen MR) is 66.3 cm³/mol. The largest absolute Gasteiger partial charge is 0.315 e. The van der Waals surface area contributed by atoms with E-state index < -0.39 is 0 Å². The van der Waals surface area contributed by atoms with Gasteiger partial charge in [-0.15, -0.1) is 0 Å². The zero-order valence-electron chi connectivity index (χ0n) is 10.6. The van der Waals surface area contributed by atoms with Crippen molar-refractivity contribution >= 4 is 0 Å². The molecule has 1 rings (SSSR count). The first-order valence-electron chi connectivity index (χ1n) is 6.22. The van der Waals surface area contributed by atoms with Crippen LogP contribution in [-0.4, -0.2) is 50.7 Å². The SMILES string of the molecule is CC(C)(C)CCNCCN1CCNCC1. The molecule has 1 heterocycles. The molecule has 90 valence electrons. The lowest BCUT2D eigenvalue weighted by molar-refractivity contribution is 0.239. The van der Waals surface area contributed by atoms with Crippen LogP contribution >= 0.6 is 0 Å². The number of nitrogens with zero attached hydrogens (tertiary/aromatic N) is 1. The smallest absolute Gasteiger partial charge is 0.0108 e. The van der Waals surface area contributed by atoms with Gasteiger partial charge in [-0.3, -0.25) is 4.90 Å². The van der Waals surface area contributed by atoms with Crippen LogP contribution in [0.1, 0.15) is 27.2 Å². The van der Waals surface area contributed by atoms with Crippen LogP contribution in [0.4, 0.5) is 0 Å². The van der Waals surface area contributed by atoms with Crippen molar-refractivity contribution in [3.05, 3.63) is 0 Å². The second-order valence-electron chi connectivity index (χ2n) is 5.65. The van der Waals surface area contributed by atoms with Crippen molar-refractivity contribution in [2.75, 3.05) is 45.8 Å². The molecule has 0 amide bonds. The van der Waals surface area contributed by atoms with Crippen LogP contribution in [0.5, 0.6) is 0 Å². The molecule has 1 fully saturated rings. The van der Waals surface area contributed by atoms with Crippen LogP contribution in [0.2, 0.25) is 0 Å². The molecule has 2 N–H and O–H groups in total. The van der Waals surface area contributed by atoms with Crippen molar-refractivity contribution in [2.24, 2.45) is 5.41 Å². The second-order valence-corrected chi connectivity index (χ2v) is 5.65. The minimum Gasteiger partial charge on any atom is -0.315 e. The van der Waals surface area contributed by atoms with Crippen molar-refractivity contribution in [1.29, 1.82) is 0 Å². The van der Waals surface area contributed by atoms with Crippen LogP contribution in [0.3, 0.4) is 0 Å². The van der Waals surface area contributed by atoms with Crippen molar-refractivity contribution < 1.29 is 0 Å². The highest BCUT2D eigenvalue weighted by Gasteiger charge is 2.10. The van der Waals surface area contributed by atoms with E-state index >= 15 is 0 Å². The van der Waals surface area contributed by atoms with Gasteiger partial charge in [-0.2, -0.15) is 0 Å². The van der Waals surface area contributed by atoms with E-state index in [1.54, 1.807) is 0 Å². The van der Waals surface area contributed by atoms with Gasteiger partial charge in [-0.25, -0.2) is 0 Å². The fourth-order valence-corrected chi connectivity index (χ4v) is 1.76. The van der Waals surface area contributed by atoms with E-state index in [9.17, 15) is 0 Å². The molecule has 15 heavy (non-hydrogen) atoms. The summed E-state index contributed by atoms with van der Waals surface area (Å²) in [6, 6.07) is 0. The molecule has 1 aliphatic rings. The highest BCUT2D eigenvalue weighted by atomic mass is 15.2. The summed E-state index contributed by atoms with van der Waals surface area (Å²) in [7, 11) is 0. The first-order chi connectivity index (χ1) is 7.08. The third-order valence-corrected chi connectivity index (χ3v) is 2.87. The third kappa shape index (κ3) is 6.88. The third-order valence-electron chi connectivity index (χ3n) is 2.87. The number of piperazine rings is 1. The fraction of sp³-hybridized carbons (Fsp3) is 1.00. The Labute approximate surface area is 94.6 Å². The zero-order valence-corrected chi connectivity index (χ0v) is 10.6. The van der Waals surface area contributed by atoms with E-state index in [0.717, 1.165) is 26.2 Å². The number of nitrogens with one attached hydrogen (secondary N) is 2. The summed E-state index contributed by atoms with van der Waals surface area (Å²) in [6.45, 7) is 15.1. The van der Waals surface area contributed by atoms with Crippen LogP contribution in [0.15, 0.2) is 0 Å². The maximum absolute atomic E-state index is 3.53. The van der Waals surface area contributed by atoms with Crippen LogP contribution < -0.4 is 10.6 Å². The Kier molecular flexibility index (Phi) is 5.58. The minimum absolute atomic E-state index is 0.460. The van der Waals surface area contributed by atoms with Gasteiger partial charge in [0, 0.05) is 39.3 Å². The molecule has 0 bridgehead atoms. The maximum Gasteiger partial charge on any atom is 0.0108 e. The minimum atomic E-state index is 0.460. The van der Waals surface area contributed by atoms with E-state index in [1.165, 1.54) is 26.1 Å². The van der Waals surface area contributed by atoms with Gasteiger partial charge in [0.05, 0.1) is 0 Å². The molecule has 0 radical (unpaired) electrons. The second kappa shape index (κ2) is 6.46. The van der Waals surface area contributed by atoms with E-state index in [2.05, 4.69) is 36.3 Å². The average Bonchev–Trinajstić information content (AvgIpc) is 2.17. The van der Waals surface area contributed by atoms with E-state index in [4.69, 9.17) is 0 Å². The summed E-state index contributed by atoms with van der Waals surface area (Å²) in [5.41, 5.74) is 0.460. The topological polar surface area (TPSA) is 27.3 Å². The lowest BCUT2D eigenvalue weighted by Gasteiger charge is -2.27. The van der Waals surface area contributed by atoms with Crippen LogP contribution in [0, 0.1) is 5.41 Å². The first kappa shape index (κ1) is 12.9. The van der Waals surface area contributed by atoms with Gasteiger partial charge in [0.2, 0.25) is 0 Å². The van der Waals surface area contributed by atoms with Gasteiger partial charge < -0.3 is 10.6 Å². The molecule has 0 aliphatic carbocycles. The molecule has 0 aromatic rings. The molecular weight excluding hydrogens is 186 g/mol. The van der Waals surface area contributed by atoms with Crippen molar-refractivity contribution in [3.8, 4) is 0 Å². The highest BCUT2D eigenvalue weighted by Crippen LogP contribution is 2.16. The monoisotopic (exact) mass is 213 g/mol. The highest BCUT2D eigenvalue weighted by molar-refractivity contribution is 4.69. The molecular formula is C12H27N3. The van der Waals surface area contributed by atoms with Crippen molar-refractivity contribution in [3.63, 3.8) is 0 Å². The summed E-state index contributed by atoms with van der Waals surface area (Å²) in [6.07, 6.45) is 1.26. The Morgan fingerprint density at radius 1 is 1.13 bits per heavy atom. The lowest BCUT2D eigenvalue weighted by Crippen LogP contribution is -2.45. The van der Waals surface area contributed by atoms with Crippen LogP contribution in [0.25, 0.3) is 0 Å². The van der Waals surface area contributed by atoms with Crippen LogP contribution in [-0.2, 0) is 0 Å². The van der Waals surface area contributed by atoms with E-state index in [-0.39, 0.29) is 0 Å². The van der Waals surface area contributed by atoms with E-state index in [1.807, 2.05) is 0 Å². The summed E-state index contributed by atoms with van der Waals surface area (Å²) in [5.74, 6) is 0. The molecule has 1 aliphatic heterocycles. The van der Waals surface area contributed by atoms with Gasteiger partial charge in [0.15, 0.2) is 0 Å². The Balaban J connectivity index is 1.92. The summed E-state index contributed by atoms with van der Waals surface area (Å²) in [5, 5.41) is 6.90. The van der Waals surface area contributed by atoms with Crippen molar-refractivity contribution in [2.45, 2.75) is 27.2 Å². The van der Waals surface area contributed by atoms with Gasteiger partial charge in [-0.1, -0.05) is 20.8 Å². The molecule has 0 spiro atoms. The zero-order chi connectivity index (χ0) is 11.1. The molecule has 0 saturated carbocycles. The van der Waals surface area contributed by atoms with Gasteiger partial charge >= 0.3 is 0 Å². The molecule has 3 nitrogen and oxygen atoms in total. The maximum atomic E-state index is 3.53. The Morgan fingerprint density at radius 3 is 2.40 bits per heavy atom. The molecule has 0 aromatic heterocycles. The molecule has 0 atom stereocenters. The summed E-state index contributed by atoms with van der Waals surface area (Å²) >= 11 is 0. The quantitative estimate of drug-likeness (QED) is 0.665. The molecule has 0 aromatic carbocycles. The molecule has 0 unspecified atom stereocenters. The molecule has 1 saturated heterocycles. The Morgan fingerprint density at radius 2 is 1.80 bits per heavy atom. The standard InChI is InChI=1S/C12H27N3/c1-12(2,3)4-5-13-6-9-15-10-7-14-8-11-15/h13-14H,4-11H2,1-3H3. The number of hydrogen-bond acceptors (Lipinski definition) is 3. The first-order valence-corrected chi connectivity index (χ1v) is 6.22. The van der Waals surface area contributed by atoms with Crippen molar-refractivity contribution in [1.82, 2.24) is 15.5 Å². The number of rotatable bonds is 5. The van der Waals surface area contributed by atoms with Gasteiger partial charge in [0.25, 0.3) is 0 Å². The normalized spacial score (nSPS) is 19.4. The molecule has 3 heteroatoms. The summed E-state index contributed by atoms with van der Waals surface area (Å²) in [4.78, 5) is 2.53. The van der Waals surface area contributed by atoms with Gasteiger partial charge in [-0.05, 0) is 18.4 Å². The van der Waals surface area contributed by atoms with E-state index in [0.29, 0.717) is 5.41 Å².